The van der Waals surface area contributed by atoms with Crippen LogP contribution in [0.1, 0.15) is 5.76 Å². The molecule has 0 atom stereocenters. The number of nitrogens with one attached hydrogen (secondary N) is 1. The predicted octanol–water partition coefficient (Wildman–Crippen LogP) is 3.46. The predicted molar refractivity (Wildman–Crippen MR) is 99.8 cm³/mol. The smallest absolute Gasteiger partial charge is 0.173 e. The lowest BCUT2D eigenvalue weighted by Gasteiger charge is -2.35. The van der Waals surface area contributed by atoms with E-state index in [9.17, 15) is 0 Å². The second-order valence-corrected chi connectivity index (χ2v) is 6.44. The molecule has 1 saturated heterocycles. The first kappa shape index (κ1) is 17.1. The zero-order chi connectivity index (χ0) is 16.9. The maximum atomic E-state index is 6.06. The molecule has 1 aromatic carbocycles. The summed E-state index contributed by atoms with van der Waals surface area (Å²) in [6.45, 7) is 4.46. The molecule has 7 heteroatoms. The summed E-state index contributed by atoms with van der Waals surface area (Å²) in [6, 6.07) is 9.36. The number of nitrogens with zero attached hydrogens (tertiary/aromatic N) is 2. The van der Waals surface area contributed by atoms with Gasteiger partial charge in [0.15, 0.2) is 5.11 Å². The average Bonchev–Trinajstić information content (AvgIpc) is 3.09. The number of halogens is 1. The van der Waals surface area contributed by atoms with E-state index in [1.807, 2.05) is 24.3 Å². The van der Waals surface area contributed by atoms with Crippen molar-refractivity contribution in [3.8, 4) is 5.75 Å². The summed E-state index contributed by atoms with van der Waals surface area (Å²) in [5.41, 5.74) is 0.785. The number of anilines is 1. The molecular formula is C17H20ClN3O2S. The van der Waals surface area contributed by atoms with E-state index in [1.54, 1.807) is 19.4 Å². The van der Waals surface area contributed by atoms with Crippen LogP contribution in [0.4, 0.5) is 5.69 Å². The Morgan fingerprint density at radius 1 is 1.29 bits per heavy atom. The van der Waals surface area contributed by atoms with Crippen LogP contribution in [-0.2, 0) is 6.54 Å². The van der Waals surface area contributed by atoms with Crippen molar-refractivity contribution in [1.82, 2.24) is 9.80 Å². The van der Waals surface area contributed by atoms with Crippen molar-refractivity contribution in [3.63, 3.8) is 0 Å². The number of rotatable bonds is 4. The molecule has 1 N–H and O–H groups in total. The number of methoxy groups -OCH3 is 1. The molecule has 3 rings (SSSR count). The number of piperazine rings is 1. The van der Waals surface area contributed by atoms with E-state index in [-0.39, 0.29) is 0 Å². The van der Waals surface area contributed by atoms with Crippen LogP contribution >= 0.6 is 23.8 Å². The van der Waals surface area contributed by atoms with E-state index < -0.39 is 0 Å². The summed E-state index contributed by atoms with van der Waals surface area (Å²) in [4.78, 5) is 4.52. The van der Waals surface area contributed by atoms with Gasteiger partial charge in [0.1, 0.15) is 11.5 Å². The van der Waals surface area contributed by atoms with Gasteiger partial charge in [-0.2, -0.15) is 0 Å². The fourth-order valence-electron chi connectivity index (χ4n) is 2.70. The van der Waals surface area contributed by atoms with Crippen LogP contribution in [0.25, 0.3) is 0 Å². The lowest BCUT2D eigenvalue weighted by Crippen LogP contribution is -2.49. The van der Waals surface area contributed by atoms with Gasteiger partial charge in [0.05, 0.1) is 25.6 Å². The van der Waals surface area contributed by atoms with Gasteiger partial charge >= 0.3 is 0 Å². The van der Waals surface area contributed by atoms with Crippen molar-refractivity contribution < 1.29 is 9.15 Å². The summed E-state index contributed by atoms with van der Waals surface area (Å²) < 4.78 is 10.8. The molecule has 1 aliphatic heterocycles. The standard InChI is InChI=1S/C17H20ClN3O2S/c1-22-16-5-4-13(18)11-15(16)19-17(24)21-8-6-20(7-9-21)12-14-3-2-10-23-14/h2-5,10-11H,6-9,12H2,1H3,(H,19,24). The molecule has 0 amide bonds. The molecule has 24 heavy (non-hydrogen) atoms. The number of hydrogen-bond acceptors (Lipinski definition) is 4. The Bertz CT molecular complexity index is 685. The maximum absolute atomic E-state index is 6.06. The largest absolute Gasteiger partial charge is 0.495 e. The van der Waals surface area contributed by atoms with Crippen LogP contribution in [0.15, 0.2) is 41.0 Å². The molecule has 128 valence electrons. The lowest BCUT2D eigenvalue weighted by atomic mass is 10.3. The molecule has 0 aliphatic carbocycles. The van der Waals surface area contributed by atoms with Gasteiger partial charge in [-0.05, 0) is 42.5 Å². The Labute approximate surface area is 152 Å². The summed E-state index contributed by atoms with van der Waals surface area (Å²) in [5.74, 6) is 1.71. The van der Waals surface area contributed by atoms with Crippen LogP contribution in [0.5, 0.6) is 5.75 Å². The van der Waals surface area contributed by atoms with E-state index in [4.69, 9.17) is 33.0 Å². The van der Waals surface area contributed by atoms with Gasteiger partial charge in [-0.15, -0.1) is 0 Å². The molecule has 0 saturated carbocycles. The first-order chi connectivity index (χ1) is 11.7. The first-order valence-corrected chi connectivity index (χ1v) is 8.58. The van der Waals surface area contributed by atoms with Gasteiger partial charge in [-0.3, -0.25) is 4.90 Å². The lowest BCUT2D eigenvalue weighted by molar-refractivity contribution is 0.166. The highest BCUT2D eigenvalue weighted by atomic mass is 35.5. The third-order valence-electron chi connectivity index (χ3n) is 4.02. The van der Waals surface area contributed by atoms with E-state index in [0.717, 1.165) is 49.9 Å². The van der Waals surface area contributed by atoms with Gasteiger partial charge in [0.25, 0.3) is 0 Å². The van der Waals surface area contributed by atoms with Gasteiger partial charge in [-0.25, -0.2) is 0 Å². The van der Waals surface area contributed by atoms with Crippen LogP contribution < -0.4 is 10.1 Å². The van der Waals surface area contributed by atoms with E-state index in [1.165, 1.54) is 0 Å². The molecule has 2 heterocycles. The Kier molecular flexibility index (Phi) is 5.60. The van der Waals surface area contributed by atoms with Gasteiger partial charge in [0, 0.05) is 31.2 Å². The number of hydrogen-bond donors (Lipinski definition) is 1. The van der Waals surface area contributed by atoms with Crippen molar-refractivity contribution >= 4 is 34.6 Å². The summed E-state index contributed by atoms with van der Waals surface area (Å²) >= 11 is 11.6. The van der Waals surface area contributed by atoms with Crippen molar-refractivity contribution in [2.75, 3.05) is 38.6 Å². The highest BCUT2D eigenvalue weighted by Crippen LogP contribution is 2.28. The zero-order valence-electron chi connectivity index (χ0n) is 13.5. The third-order valence-corrected chi connectivity index (χ3v) is 4.62. The normalized spacial score (nSPS) is 15.3. The molecular weight excluding hydrogens is 346 g/mol. The molecule has 1 aromatic heterocycles. The Morgan fingerprint density at radius 2 is 2.08 bits per heavy atom. The molecule has 1 aliphatic rings. The first-order valence-electron chi connectivity index (χ1n) is 7.80. The van der Waals surface area contributed by atoms with E-state index in [2.05, 4.69) is 15.1 Å². The van der Waals surface area contributed by atoms with Crippen molar-refractivity contribution in [2.24, 2.45) is 0 Å². The van der Waals surface area contributed by atoms with Crippen LogP contribution in [-0.4, -0.2) is 48.2 Å². The topological polar surface area (TPSA) is 40.9 Å². The molecule has 0 unspecified atom stereocenters. The third kappa shape index (κ3) is 4.20. The number of benzene rings is 1. The van der Waals surface area contributed by atoms with Crippen LogP contribution in [0.2, 0.25) is 5.02 Å². The Hall–Kier alpha value is -1.76. The van der Waals surface area contributed by atoms with Gasteiger partial charge in [0.2, 0.25) is 0 Å². The fourth-order valence-corrected chi connectivity index (χ4v) is 3.17. The average molecular weight is 366 g/mol. The zero-order valence-corrected chi connectivity index (χ0v) is 15.1. The molecule has 0 radical (unpaired) electrons. The summed E-state index contributed by atoms with van der Waals surface area (Å²) in [6.07, 6.45) is 1.71. The second kappa shape index (κ2) is 7.88. The van der Waals surface area contributed by atoms with Crippen molar-refractivity contribution in [2.45, 2.75) is 6.54 Å². The number of ether oxygens (including phenoxy) is 1. The minimum Gasteiger partial charge on any atom is -0.495 e. The van der Waals surface area contributed by atoms with Crippen molar-refractivity contribution in [3.05, 3.63) is 47.4 Å². The monoisotopic (exact) mass is 365 g/mol. The van der Waals surface area contributed by atoms with Crippen LogP contribution in [0.3, 0.4) is 0 Å². The van der Waals surface area contributed by atoms with E-state index in [0.29, 0.717) is 10.1 Å². The summed E-state index contributed by atoms with van der Waals surface area (Å²) in [7, 11) is 1.63. The number of furan rings is 1. The second-order valence-electron chi connectivity index (χ2n) is 5.62. The Morgan fingerprint density at radius 3 is 2.75 bits per heavy atom. The highest BCUT2D eigenvalue weighted by Gasteiger charge is 2.20. The molecule has 1 fully saturated rings. The molecule has 0 bridgehead atoms. The summed E-state index contributed by atoms with van der Waals surface area (Å²) in [5, 5.41) is 4.57. The molecule has 2 aromatic rings. The van der Waals surface area contributed by atoms with E-state index >= 15 is 0 Å². The number of thiocarbonyl (C=S) groups is 1. The highest BCUT2D eigenvalue weighted by molar-refractivity contribution is 7.80. The SMILES string of the molecule is COc1ccc(Cl)cc1NC(=S)N1CCN(Cc2ccco2)CC1. The molecule has 5 nitrogen and oxygen atoms in total. The van der Waals surface area contributed by atoms with Crippen LogP contribution in [0, 0.1) is 0 Å². The van der Waals surface area contributed by atoms with Crippen molar-refractivity contribution in [1.29, 1.82) is 0 Å². The van der Waals surface area contributed by atoms with Gasteiger partial charge < -0.3 is 19.4 Å². The van der Waals surface area contributed by atoms with Gasteiger partial charge in [-0.1, -0.05) is 11.6 Å². The maximum Gasteiger partial charge on any atom is 0.173 e. The Balaban J connectivity index is 1.54. The fraction of sp³-hybridized carbons (Fsp3) is 0.353. The minimum absolute atomic E-state index is 0.643. The molecule has 0 spiro atoms. The minimum atomic E-state index is 0.643. The quantitative estimate of drug-likeness (QED) is 0.837.